The molecule has 1 aromatic rings. The molecule has 6 heteroatoms. The van der Waals surface area contributed by atoms with E-state index in [0.29, 0.717) is 5.56 Å². The number of hydrogen-bond acceptors (Lipinski definition) is 4. The lowest BCUT2D eigenvalue weighted by Crippen LogP contribution is -2.43. The van der Waals surface area contributed by atoms with E-state index in [-0.39, 0.29) is 18.6 Å². The van der Waals surface area contributed by atoms with Crippen molar-refractivity contribution in [2.75, 3.05) is 6.61 Å². The van der Waals surface area contributed by atoms with Crippen LogP contribution in [0, 0.1) is 6.92 Å². The van der Waals surface area contributed by atoms with Crippen molar-refractivity contribution in [2.24, 2.45) is 0 Å². The van der Waals surface area contributed by atoms with Gasteiger partial charge in [-0.15, -0.1) is 0 Å². The van der Waals surface area contributed by atoms with Gasteiger partial charge >= 0.3 is 5.97 Å². The number of rotatable bonds is 7. The Morgan fingerprint density at radius 3 is 2.25 bits per heavy atom. The molecule has 3 N–H and O–H groups in total. The third-order valence-electron chi connectivity index (χ3n) is 2.77. The zero-order valence-electron chi connectivity index (χ0n) is 11.1. The third kappa shape index (κ3) is 4.81. The second kappa shape index (κ2) is 7.40. The minimum absolute atomic E-state index is 0.00728. The molecule has 0 saturated carbocycles. The van der Waals surface area contributed by atoms with Gasteiger partial charge in [0, 0.05) is 18.4 Å². The molecule has 6 nitrogen and oxygen atoms in total. The number of aryl methyl sites for hydroxylation is 1. The highest BCUT2D eigenvalue weighted by atomic mass is 16.4. The van der Waals surface area contributed by atoms with E-state index < -0.39 is 24.5 Å². The molecule has 20 heavy (non-hydrogen) atoms. The van der Waals surface area contributed by atoms with Crippen molar-refractivity contribution in [3.63, 3.8) is 0 Å². The van der Waals surface area contributed by atoms with E-state index >= 15 is 0 Å². The zero-order chi connectivity index (χ0) is 15.1. The van der Waals surface area contributed by atoms with Crippen molar-refractivity contribution in [1.82, 2.24) is 5.32 Å². The Bertz CT molecular complexity index is 495. The van der Waals surface area contributed by atoms with Crippen LogP contribution in [0.3, 0.4) is 0 Å². The number of carboxylic acids is 1. The summed E-state index contributed by atoms with van der Waals surface area (Å²) < 4.78 is 0. The van der Waals surface area contributed by atoms with Gasteiger partial charge in [0.1, 0.15) is 6.04 Å². The van der Waals surface area contributed by atoms with E-state index in [9.17, 15) is 14.4 Å². The van der Waals surface area contributed by atoms with Crippen LogP contribution >= 0.6 is 0 Å². The summed E-state index contributed by atoms with van der Waals surface area (Å²) in [6.07, 6.45) is -0.122. The van der Waals surface area contributed by atoms with Crippen LogP contribution < -0.4 is 5.32 Å². The van der Waals surface area contributed by atoms with Crippen LogP contribution in [0.1, 0.15) is 28.8 Å². The molecule has 0 bridgehead atoms. The summed E-state index contributed by atoms with van der Waals surface area (Å²) in [5, 5.41) is 19.6. The summed E-state index contributed by atoms with van der Waals surface area (Å²) in [5.74, 6) is -2.08. The topological polar surface area (TPSA) is 104 Å². The predicted molar refractivity (Wildman–Crippen MR) is 71.4 cm³/mol. The van der Waals surface area contributed by atoms with Gasteiger partial charge in [0.25, 0.3) is 0 Å². The molecule has 1 atom stereocenters. The SMILES string of the molecule is Cc1ccc(C(=O)CCC(=O)NC(CO)C(=O)O)cc1. The number of benzene rings is 1. The molecule has 0 heterocycles. The molecule has 108 valence electrons. The average molecular weight is 279 g/mol. The van der Waals surface area contributed by atoms with Gasteiger partial charge in [0.2, 0.25) is 5.91 Å². The van der Waals surface area contributed by atoms with Crippen LogP contribution in [0.5, 0.6) is 0 Å². The number of ketones is 1. The van der Waals surface area contributed by atoms with E-state index in [1.54, 1.807) is 24.3 Å². The van der Waals surface area contributed by atoms with Gasteiger partial charge < -0.3 is 15.5 Å². The lowest BCUT2D eigenvalue weighted by Gasteiger charge is -2.11. The van der Waals surface area contributed by atoms with Gasteiger partial charge in [0.15, 0.2) is 5.78 Å². The zero-order valence-corrected chi connectivity index (χ0v) is 11.1. The Balaban J connectivity index is 2.46. The molecule has 0 radical (unpaired) electrons. The van der Waals surface area contributed by atoms with Crippen molar-refractivity contribution in [3.05, 3.63) is 35.4 Å². The first kappa shape index (κ1) is 15.8. The maximum atomic E-state index is 11.8. The first-order chi connectivity index (χ1) is 9.43. The normalized spacial score (nSPS) is 11.7. The molecule has 0 aliphatic carbocycles. The van der Waals surface area contributed by atoms with Gasteiger partial charge in [-0.05, 0) is 6.92 Å². The lowest BCUT2D eigenvalue weighted by atomic mass is 10.0. The highest BCUT2D eigenvalue weighted by molar-refractivity contribution is 5.98. The van der Waals surface area contributed by atoms with Crippen LogP contribution in [0.2, 0.25) is 0 Å². The number of aliphatic hydroxyl groups excluding tert-OH is 1. The second-order valence-electron chi connectivity index (χ2n) is 4.43. The maximum absolute atomic E-state index is 11.8. The standard InChI is InChI=1S/C14H17NO5/c1-9-2-4-10(5-3-9)12(17)6-7-13(18)15-11(8-16)14(19)20/h2-5,11,16H,6-8H2,1H3,(H,15,18)(H,19,20). The number of aliphatic carboxylic acids is 1. The number of nitrogens with one attached hydrogen (secondary N) is 1. The minimum Gasteiger partial charge on any atom is -0.480 e. The number of carbonyl (C=O) groups excluding carboxylic acids is 2. The molecule has 1 amide bonds. The summed E-state index contributed by atoms with van der Waals surface area (Å²) in [6.45, 7) is 1.22. The number of carbonyl (C=O) groups is 3. The van der Waals surface area contributed by atoms with Crippen LogP contribution in [-0.4, -0.2) is 40.5 Å². The number of amides is 1. The number of Topliss-reactive ketones (excluding diaryl/α,β-unsaturated/α-hetero) is 1. The van der Waals surface area contributed by atoms with Crippen LogP contribution in [0.15, 0.2) is 24.3 Å². The quantitative estimate of drug-likeness (QED) is 0.631. The fraction of sp³-hybridized carbons (Fsp3) is 0.357. The molecule has 0 aromatic heterocycles. The predicted octanol–water partition coefficient (Wildman–Crippen LogP) is 0.520. The van der Waals surface area contributed by atoms with Crippen molar-refractivity contribution >= 4 is 17.7 Å². The van der Waals surface area contributed by atoms with Crippen molar-refractivity contribution in [2.45, 2.75) is 25.8 Å². The van der Waals surface area contributed by atoms with Crippen molar-refractivity contribution in [3.8, 4) is 0 Å². The van der Waals surface area contributed by atoms with E-state index in [0.717, 1.165) is 5.56 Å². The summed E-state index contributed by atoms with van der Waals surface area (Å²) in [7, 11) is 0. The fourth-order valence-electron chi connectivity index (χ4n) is 1.56. The molecule has 0 aliphatic rings. The van der Waals surface area contributed by atoms with E-state index in [1.807, 2.05) is 6.92 Å². The Morgan fingerprint density at radius 1 is 1.15 bits per heavy atom. The average Bonchev–Trinajstić information content (AvgIpc) is 2.42. The highest BCUT2D eigenvalue weighted by Gasteiger charge is 2.19. The molecule has 0 aliphatic heterocycles. The molecule has 1 unspecified atom stereocenters. The highest BCUT2D eigenvalue weighted by Crippen LogP contribution is 2.07. The van der Waals surface area contributed by atoms with Crippen LogP contribution in [0.25, 0.3) is 0 Å². The minimum atomic E-state index is -1.34. The molecule has 1 aromatic carbocycles. The van der Waals surface area contributed by atoms with Gasteiger partial charge in [0.05, 0.1) is 6.61 Å². The Morgan fingerprint density at radius 2 is 1.75 bits per heavy atom. The fourth-order valence-corrected chi connectivity index (χ4v) is 1.56. The number of aliphatic hydroxyl groups is 1. The second-order valence-corrected chi connectivity index (χ2v) is 4.43. The maximum Gasteiger partial charge on any atom is 0.328 e. The molecular formula is C14H17NO5. The lowest BCUT2D eigenvalue weighted by molar-refractivity contribution is -0.142. The van der Waals surface area contributed by atoms with Crippen LogP contribution in [-0.2, 0) is 9.59 Å². The molecule has 0 spiro atoms. The monoisotopic (exact) mass is 279 g/mol. The summed E-state index contributed by atoms with van der Waals surface area (Å²) in [4.78, 5) is 33.9. The summed E-state index contributed by atoms with van der Waals surface area (Å²) >= 11 is 0. The summed E-state index contributed by atoms with van der Waals surface area (Å²) in [6, 6.07) is 5.64. The van der Waals surface area contributed by atoms with Gasteiger partial charge in [-0.1, -0.05) is 29.8 Å². The smallest absolute Gasteiger partial charge is 0.328 e. The Labute approximate surface area is 116 Å². The van der Waals surface area contributed by atoms with Crippen molar-refractivity contribution < 1.29 is 24.6 Å². The molecular weight excluding hydrogens is 262 g/mol. The Hall–Kier alpha value is -2.21. The van der Waals surface area contributed by atoms with E-state index in [1.165, 1.54) is 0 Å². The van der Waals surface area contributed by atoms with Gasteiger partial charge in [-0.25, -0.2) is 4.79 Å². The van der Waals surface area contributed by atoms with Gasteiger partial charge in [-0.2, -0.15) is 0 Å². The van der Waals surface area contributed by atoms with E-state index in [4.69, 9.17) is 10.2 Å². The molecule has 1 rings (SSSR count). The Kier molecular flexibility index (Phi) is 5.86. The summed E-state index contributed by atoms with van der Waals surface area (Å²) in [5.41, 5.74) is 1.55. The third-order valence-corrected chi connectivity index (χ3v) is 2.77. The molecule has 0 fully saturated rings. The number of hydrogen-bond donors (Lipinski definition) is 3. The number of carboxylic acid groups (broad SMARTS) is 1. The van der Waals surface area contributed by atoms with E-state index in [2.05, 4.69) is 5.32 Å². The van der Waals surface area contributed by atoms with Crippen LogP contribution in [0.4, 0.5) is 0 Å². The molecule has 0 saturated heterocycles. The first-order valence-electron chi connectivity index (χ1n) is 6.17. The van der Waals surface area contributed by atoms with Gasteiger partial charge in [-0.3, -0.25) is 9.59 Å². The first-order valence-corrected chi connectivity index (χ1v) is 6.17. The van der Waals surface area contributed by atoms with Crippen molar-refractivity contribution in [1.29, 1.82) is 0 Å². The largest absolute Gasteiger partial charge is 0.480 e.